The summed E-state index contributed by atoms with van der Waals surface area (Å²) in [6.07, 6.45) is 4.75. The van der Waals surface area contributed by atoms with Crippen molar-refractivity contribution in [3.8, 4) is 22.4 Å². The van der Waals surface area contributed by atoms with Crippen LogP contribution in [0.3, 0.4) is 0 Å². The zero-order chi connectivity index (χ0) is 33.6. The van der Waals surface area contributed by atoms with Crippen LogP contribution in [-0.4, -0.2) is 23.9 Å². The number of benzene rings is 3. The van der Waals surface area contributed by atoms with E-state index in [1.807, 2.05) is 41.5 Å². The summed E-state index contributed by atoms with van der Waals surface area (Å²) in [4.78, 5) is 17.2. The molecule has 46 heavy (non-hydrogen) atoms. The fourth-order valence-electron chi connectivity index (χ4n) is 5.51. The molecule has 0 spiro atoms. The molecule has 0 aliphatic heterocycles. The minimum absolute atomic E-state index is 0. The van der Waals surface area contributed by atoms with Crippen LogP contribution in [0.25, 0.3) is 33.3 Å². The Morgan fingerprint density at radius 2 is 1.43 bits per heavy atom. The predicted octanol–water partition coefficient (Wildman–Crippen LogP) is 11.2. The van der Waals surface area contributed by atoms with Crippen molar-refractivity contribution in [2.24, 2.45) is 10.8 Å². The van der Waals surface area contributed by atoms with Gasteiger partial charge in [-0.1, -0.05) is 129 Å². The third kappa shape index (κ3) is 9.37. The van der Waals surface area contributed by atoms with Crippen molar-refractivity contribution in [2.75, 3.05) is 0 Å². The number of ketones is 1. The van der Waals surface area contributed by atoms with Gasteiger partial charge < -0.3 is 5.11 Å². The summed E-state index contributed by atoms with van der Waals surface area (Å²) in [7, 11) is -1.50. The molecule has 0 amide bonds. The van der Waals surface area contributed by atoms with Gasteiger partial charge in [0.05, 0.1) is 13.6 Å². The van der Waals surface area contributed by atoms with Gasteiger partial charge in [0.2, 0.25) is 0 Å². The second-order valence-corrected chi connectivity index (χ2v) is 19.1. The molecule has 249 valence electrons. The summed E-state index contributed by atoms with van der Waals surface area (Å²) in [6, 6.07) is 27.5. The van der Waals surface area contributed by atoms with Gasteiger partial charge in [-0.05, 0) is 54.0 Å². The number of pyridine rings is 1. The zero-order valence-corrected chi connectivity index (χ0v) is 33.3. The molecule has 4 aromatic rings. The molecule has 0 aliphatic rings. The quantitative estimate of drug-likeness (QED) is 0.0751. The number of aryl methyl sites for hydroxylation is 2. The summed E-state index contributed by atoms with van der Waals surface area (Å²) in [5.74, 6) is 0.286. The smallest absolute Gasteiger partial charge is 0.164 e. The third-order valence-corrected chi connectivity index (χ3v) is 11.8. The van der Waals surface area contributed by atoms with Gasteiger partial charge >= 0.3 is 0 Å². The molecule has 0 bridgehead atoms. The van der Waals surface area contributed by atoms with E-state index in [4.69, 9.17) is 4.98 Å². The van der Waals surface area contributed by atoms with E-state index in [1.165, 1.54) is 33.3 Å². The maximum absolute atomic E-state index is 12.2. The maximum atomic E-state index is 12.2. The first-order valence-electron chi connectivity index (χ1n) is 16.6. The number of fused-ring (bicyclic) bond motifs is 1. The molecular formula is C41H54IrNO2Si-. The predicted molar refractivity (Wildman–Crippen MR) is 197 cm³/mol. The average molecular weight is 813 g/mol. The van der Waals surface area contributed by atoms with Crippen molar-refractivity contribution in [2.45, 2.75) is 101 Å². The molecule has 1 radical (unpaired) electrons. The third-order valence-electron chi connectivity index (χ3n) is 9.75. The largest absolute Gasteiger partial charge is 0.512 e. The monoisotopic (exact) mass is 813 g/mol. The second-order valence-electron chi connectivity index (χ2n) is 14.1. The van der Waals surface area contributed by atoms with Gasteiger partial charge in [-0.15, -0.1) is 34.9 Å². The minimum atomic E-state index is -1.50. The van der Waals surface area contributed by atoms with Crippen molar-refractivity contribution in [3.05, 3.63) is 95.8 Å². The van der Waals surface area contributed by atoms with Crippen molar-refractivity contribution in [1.29, 1.82) is 0 Å². The molecule has 1 aromatic heterocycles. The van der Waals surface area contributed by atoms with Crippen LogP contribution in [0, 0.1) is 30.7 Å². The Bertz CT molecular complexity index is 1620. The van der Waals surface area contributed by atoms with Crippen LogP contribution in [0.4, 0.5) is 0 Å². The second kappa shape index (κ2) is 16.3. The standard InChI is InChI=1S/C26H26NSi.C15H28O2.Ir/c1-18-13-19(2)15-22(14-18)24-12-11-21-16-26(28(3,4)5)23(17-25(21)27-24)20-9-7-6-8-10-20;1-7-14(5,8-2)12(16)11-13(17)15(6,9-3)10-4;/h6-14,16-17H,1-5H3;11,16H,7-10H2,1-6H3;/q-1;;/b;12-11-;. The van der Waals surface area contributed by atoms with E-state index < -0.39 is 8.07 Å². The average Bonchev–Trinajstić information content (AvgIpc) is 3.02. The molecule has 1 N–H and O–H groups in total. The van der Waals surface area contributed by atoms with Crippen LogP contribution in [0.2, 0.25) is 19.6 Å². The summed E-state index contributed by atoms with van der Waals surface area (Å²) >= 11 is 0. The molecule has 3 nitrogen and oxygen atoms in total. The first-order chi connectivity index (χ1) is 21.1. The number of nitrogens with zero attached hydrogens (tertiary/aromatic N) is 1. The first-order valence-corrected chi connectivity index (χ1v) is 20.1. The van der Waals surface area contributed by atoms with Crippen LogP contribution >= 0.6 is 0 Å². The SMILES string of the molecule is CCC(C)(CC)C(=O)/C=C(\O)C(C)(CC)CC.Cc1[c-]c(-c2ccc3cc([Si](C)(C)C)c(-c4ccccc4)cc3n2)cc(C)c1.[Ir]. The minimum Gasteiger partial charge on any atom is -0.512 e. The molecule has 1 heterocycles. The van der Waals surface area contributed by atoms with Crippen LogP contribution < -0.4 is 5.19 Å². The van der Waals surface area contributed by atoms with Gasteiger partial charge in [0.1, 0.15) is 5.76 Å². The van der Waals surface area contributed by atoms with Crippen molar-refractivity contribution in [3.63, 3.8) is 0 Å². The number of hydrogen-bond donors (Lipinski definition) is 1. The van der Waals surface area contributed by atoms with E-state index in [1.54, 1.807) is 0 Å². The Labute approximate surface area is 293 Å². The van der Waals surface area contributed by atoms with Gasteiger partial charge in [-0.2, -0.15) is 0 Å². The van der Waals surface area contributed by atoms with Gasteiger partial charge in [0.15, 0.2) is 5.78 Å². The van der Waals surface area contributed by atoms with Crippen LogP contribution in [0.15, 0.2) is 78.6 Å². The van der Waals surface area contributed by atoms with Crippen LogP contribution in [0.1, 0.15) is 78.4 Å². The molecule has 0 fully saturated rings. The van der Waals surface area contributed by atoms with E-state index in [2.05, 4.69) is 106 Å². The number of rotatable bonds is 10. The van der Waals surface area contributed by atoms with Gasteiger partial charge in [0.25, 0.3) is 0 Å². The zero-order valence-electron chi connectivity index (χ0n) is 29.9. The summed E-state index contributed by atoms with van der Waals surface area (Å²) in [6.45, 7) is 23.5. The topological polar surface area (TPSA) is 50.2 Å². The number of aliphatic hydroxyl groups excluding tert-OH is 1. The van der Waals surface area contributed by atoms with Crippen LogP contribution in [0.5, 0.6) is 0 Å². The molecule has 5 heteroatoms. The maximum Gasteiger partial charge on any atom is 0.164 e. The Hall–Kier alpha value is -2.85. The van der Waals surface area contributed by atoms with E-state index in [0.717, 1.165) is 48.0 Å². The summed E-state index contributed by atoms with van der Waals surface area (Å²) < 4.78 is 0. The van der Waals surface area contributed by atoms with Crippen molar-refractivity contribution >= 4 is 29.9 Å². The number of allylic oxidation sites excluding steroid dienone is 2. The molecule has 4 rings (SSSR count). The fourth-order valence-corrected chi connectivity index (χ4v) is 7.13. The number of carbonyl (C=O) groups is 1. The number of carbonyl (C=O) groups excluding carboxylic acids is 1. The van der Waals surface area contributed by atoms with Crippen molar-refractivity contribution < 1.29 is 30.0 Å². The summed E-state index contributed by atoms with van der Waals surface area (Å²) in [5, 5.41) is 12.8. The Morgan fingerprint density at radius 3 is 1.96 bits per heavy atom. The number of hydrogen-bond acceptors (Lipinski definition) is 3. The number of aromatic nitrogens is 1. The Balaban J connectivity index is 0.000000356. The molecule has 3 aromatic carbocycles. The van der Waals surface area contributed by atoms with Gasteiger partial charge in [-0.3, -0.25) is 9.78 Å². The van der Waals surface area contributed by atoms with Crippen LogP contribution in [-0.2, 0) is 24.9 Å². The first kappa shape index (κ1) is 39.3. The van der Waals surface area contributed by atoms with E-state index in [9.17, 15) is 9.90 Å². The van der Waals surface area contributed by atoms with Gasteiger partial charge in [-0.25, -0.2) is 0 Å². The Kier molecular flexibility index (Phi) is 13.9. The normalized spacial score (nSPS) is 12.3. The fraction of sp³-hybridized carbons (Fsp3) is 0.415. The van der Waals surface area contributed by atoms with E-state index >= 15 is 0 Å². The van der Waals surface area contributed by atoms with E-state index in [-0.39, 0.29) is 42.5 Å². The molecule has 0 aliphatic carbocycles. The van der Waals surface area contributed by atoms with Gasteiger partial charge in [0, 0.05) is 37.0 Å². The number of aliphatic hydroxyl groups is 1. The molecule has 0 saturated heterocycles. The van der Waals surface area contributed by atoms with E-state index in [0.29, 0.717) is 0 Å². The molecule has 0 saturated carbocycles. The molecule has 0 unspecified atom stereocenters. The Morgan fingerprint density at radius 1 is 0.848 bits per heavy atom. The molecular weight excluding hydrogens is 759 g/mol. The van der Waals surface area contributed by atoms with Crippen molar-refractivity contribution in [1.82, 2.24) is 4.98 Å². The molecule has 0 atom stereocenters. The summed E-state index contributed by atoms with van der Waals surface area (Å²) in [5.41, 5.74) is 7.48.